The summed E-state index contributed by atoms with van der Waals surface area (Å²) in [5.41, 5.74) is 1.68. The van der Waals surface area contributed by atoms with Gasteiger partial charge in [-0.15, -0.1) is 0 Å². The van der Waals surface area contributed by atoms with Crippen LogP contribution in [-0.4, -0.2) is 29.6 Å². The molecule has 18 heavy (non-hydrogen) atoms. The Morgan fingerprint density at radius 2 is 1.67 bits per heavy atom. The number of hydrogen-bond donors (Lipinski definition) is 2. The maximum Gasteiger partial charge on any atom is 0.490 e. The van der Waals surface area contributed by atoms with Crippen LogP contribution >= 0.6 is 0 Å². The maximum absolute atomic E-state index is 9.49. The van der Waals surface area contributed by atoms with Gasteiger partial charge >= 0.3 is 7.12 Å². The molecule has 0 saturated carbocycles. The van der Waals surface area contributed by atoms with E-state index in [1.165, 1.54) is 0 Å². The first-order valence-electron chi connectivity index (χ1n) is 6.57. The predicted octanol–water partition coefficient (Wildman–Crippen LogP) is 2.14. The van der Waals surface area contributed by atoms with Crippen LogP contribution in [0.25, 0.3) is 0 Å². The summed E-state index contributed by atoms with van der Waals surface area (Å²) in [7, 11) is -3.07. The second kappa shape index (κ2) is 4.87. The first kappa shape index (κ1) is 15.5. The minimum Gasteiger partial charge on any atom is -0.423 e. The SMILES string of the molecule is CC(C)c1cn([Si](C)(C)C(C)(C)C)cc1B(O)O. The molecule has 0 aromatic carbocycles. The lowest BCUT2D eigenvalue weighted by Gasteiger charge is -2.38. The number of nitrogens with zero attached hydrogens (tertiary/aromatic N) is 1. The van der Waals surface area contributed by atoms with Gasteiger partial charge in [0.25, 0.3) is 0 Å². The lowest BCUT2D eigenvalue weighted by molar-refractivity contribution is 0.425. The highest BCUT2D eigenvalue weighted by atomic mass is 28.3. The molecule has 0 amide bonds. The minimum absolute atomic E-state index is 0.220. The maximum atomic E-state index is 9.49. The summed E-state index contributed by atoms with van der Waals surface area (Å²) in [6.45, 7) is 15.5. The van der Waals surface area contributed by atoms with Crippen molar-refractivity contribution in [1.29, 1.82) is 0 Å². The number of aromatic nitrogens is 1. The molecule has 5 heteroatoms. The van der Waals surface area contributed by atoms with Gasteiger partial charge in [0.05, 0.1) is 0 Å². The summed E-state index contributed by atoms with van der Waals surface area (Å²) in [6.07, 6.45) is 4.04. The topological polar surface area (TPSA) is 45.4 Å². The molecule has 0 saturated heterocycles. The van der Waals surface area contributed by atoms with Gasteiger partial charge in [0, 0.05) is 5.46 Å². The van der Waals surface area contributed by atoms with Crippen LogP contribution in [0.5, 0.6) is 0 Å². The second-order valence-corrected chi connectivity index (χ2v) is 12.0. The summed E-state index contributed by atoms with van der Waals surface area (Å²) in [6, 6.07) is 0. The minimum atomic E-state index is -1.69. The summed E-state index contributed by atoms with van der Waals surface area (Å²) in [4.78, 5) is 0. The standard InChI is InChI=1S/C13H26BNO2Si/c1-10(2)11-8-15(9-12(11)14(16)17)18(6,7)13(3,4)5/h8-10,16-17H,1-7H3. The van der Waals surface area contributed by atoms with Gasteiger partial charge in [-0.1, -0.05) is 47.7 Å². The third-order valence-electron chi connectivity index (χ3n) is 4.27. The van der Waals surface area contributed by atoms with Crippen LogP contribution in [0.1, 0.15) is 46.1 Å². The van der Waals surface area contributed by atoms with E-state index in [1.807, 2.05) is 6.20 Å². The molecule has 0 atom stereocenters. The molecule has 0 aliphatic heterocycles. The molecule has 0 unspecified atom stereocenters. The predicted molar refractivity (Wildman–Crippen MR) is 80.9 cm³/mol. The van der Waals surface area contributed by atoms with Gasteiger partial charge in [0.2, 0.25) is 0 Å². The summed E-state index contributed by atoms with van der Waals surface area (Å²) in [5, 5.41) is 19.2. The molecule has 102 valence electrons. The largest absolute Gasteiger partial charge is 0.490 e. The van der Waals surface area contributed by atoms with Crippen molar-refractivity contribution in [3.05, 3.63) is 18.0 Å². The number of hydrogen-bond acceptors (Lipinski definition) is 2. The van der Waals surface area contributed by atoms with Gasteiger partial charge in [0.1, 0.15) is 0 Å². The van der Waals surface area contributed by atoms with Crippen LogP contribution in [0.2, 0.25) is 18.1 Å². The molecule has 1 heterocycles. The average molecular weight is 267 g/mol. The Morgan fingerprint density at radius 1 is 1.17 bits per heavy atom. The Balaban J connectivity index is 3.33. The van der Waals surface area contributed by atoms with Crippen molar-refractivity contribution in [3.63, 3.8) is 0 Å². The molecule has 3 nitrogen and oxygen atoms in total. The van der Waals surface area contributed by atoms with E-state index >= 15 is 0 Å². The van der Waals surface area contributed by atoms with Crippen molar-refractivity contribution >= 4 is 20.8 Å². The molecule has 1 rings (SSSR count). The highest BCUT2D eigenvalue weighted by molar-refractivity contribution is 6.78. The highest BCUT2D eigenvalue weighted by Gasteiger charge is 2.38. The van der Waals surface area contributed by atoms with Gasteiger partial charge in [-0.2, -0.15) is 0 Å². The first-order valence-corrected chi connectivity index (χ1v) is 9.51. The van der Waals surface area contributed by atoms with Crippen molar-refractivity contribution in [2.45, 2.75) is 58.7 Å². The summed E-state index contributed by atoms with van der Waals surface area (Å²) in [5.74, 6) is 0.299. The van der Waals surface area contributed by atoms with Gasteiger partial charge in [0.15, 0.2) is 8.24 Å². The molecule has 0 spiro atoms. The van der Waals surface area contributed by atoms with E-state index in [9.17, 15) is 10.0 Å². The Labute approximate surface area is 112 Å². The molecular weight excluding hydrogens is 241 g/mol. The second-order valence-electron chi connectivity index (χ2n) is 6.91. The number of rotatable bonds is 3. The van der Waals surface area contributed by atoms with Crippen molar-refractivity contribution in [2.24, 2.45) is 0 Å². The highest BCUT2D eigenvalue weighted by Crippen LogP contribution is 2.37. The fraction of sp³-hybridized carbons (Fsp3) is 0.692. The van der Waals surface area contributed by atoms with Gasteiger partial charge in [-0.05, 0) is 28.9 Å². The molecule has 1 aromatic rings. The third-order valence-corrected chi connectivity index (χ3v) is 9.49. The van der Waals surface area contributed by atoms with Crippen molar-refractivity contribution in [1.82, 2.24) is 4.23 Å². The Morgan fingerprint density at radius 3 is 1.94 bits per heavy atom. The van der Waals surface area contributed by atoms with E-state index in [4.69, 9.17) is 0 Å². The normalized spacial score (nSPS) is 13.2. The quantitative estimate of drug-likeness (QED) is 0.824. The van der Waals surface area contributed by atoms with E-state index in [-0.39, 0.29) is 5.04 Å². The smallest absolute Gasteiger partial charge is 0.423 e. The van der Waals surface area contributed by atoms with Crippen molar-refractivity contribution < 1.29 is 10.0 Å². The van der Waals surface area contributed by atoms with E-state index in [2.05, 4.69) is 58.1 Å². The fourth-order valence-electron chi connectivity index (χ4n) is 1.89. The van der Waals surface area contributed by atoms with Gasteiger partial charge in [-0.25, -0.2) is 0 Å². The molecule has 1 aromatic heterocycles. The lowest BCUT2D eigenvalue weighted by Crippen LogP contribution is -2.45. The lowest BCUT2D eigenvalue weighted by atomic mass is 9.77. The van der Waals surface area contributed by atoms with Gasteiger partial charge < -0.3 is 14.3 Å². The van der Waals surface area contributed by atoms with E-state index in [1.54, 1.807) is 0 Å². The average Bonchev–Trinajstić information content (AvgIpc) is 2.60. The molecule has 2 N–H and O–H groups in total. The van der Waals surface area contributed by atoms with Crippen LogP contribution < -0.4 is 5.46 Å². The van der Waals surface area contributed by atoms with E-state index in [0.29, 0.717) is 11.4 Å². The van der Waals surface area contributed by atoms with Gasteiger partial charge in [-0.3, -0.25) is 0 Å². The van der Waals surface area contributed by atoms with Crippen LogP contribution in [0, 0.1) is 0 Å². The monoisotopic (exact) mass is 267 g/mol. The summed E-state index contributed by atoms with van der Waals surface area (Å²) >= 11 is 0. The van der Waals surface area contributed by atoms with Crippen LogP contribution in [0.15, 0.2) is 12.4 Å². The van der Waals surface area contributed by atoms with Crippen LogP contribution in [-0.2, 0) is 0 Å². The molecule has 0 fully saturated rings. The zero-order valence-electron chi connectivity index (χ0n) is 12.7. The molecular formula is C13H26BNO2Si. The molecule has 0 aliphatic rings. The van der Waals surface area contributed by atoms with Crippen molar-refractivity contribution in [2.75, 3.05) is 0 Å². The fourth-order valence-corrected chi connectivity index (χ4v) is 3.59. The van der Waals surface area contributed by atoms with Crippen LogP contribution in [0.4, 0.5) is 0 Å². The van der Waals surface area contributed by atoms with E-state index < -0.39 is 15.4 Å². The molecule has 0 aliphatic carbocycles. The molecule has 0 radical (unpaired) electrons. The zero-order chi connectivity index (χ0) is 14.3. The Kier molecular flexibility index (Phi) is 4.20. The van der Waals surface area contributed by atoms with Crippen molar-refractivity contribution in [3.8, 4) is 0 Å². The Bertz CT molecular complexity index is 394. The Hall–Kier alpha value is -0.518. The first-order chi connectivity index (χ1) is 7.98. The van der Waals surface area contributed by atoms with Crippen LogP contribution in [0.3, 0.4) is 0 Å². The third kappa shape index (κ3) is 2.73. The van der Waals surface area contributed by atoms with E-state index in [0.717, 1.165) is 5.56 Å². The summed E-state index contributed by atoms with van der Waals surface area (Å²) < 4.78 is 2.25. The zero-order valence-corrected chi connectivity index (χ0v) is 13.7. The molecule has 0 bridgehead atoms.